The first kappa shape index (κ1) is 13.1. The van der Waals surface area contributed by atoms with Crippen molar-refractivity contribution in [2.75, 3.05) is 5.32 Å². The van der Waals surface area contributed by atoms with Crippen LogP contribution < -0.4 is 5.32 Å². The Morgan fingerprint density at radius 1 is 1.21 bits per heavy atom. The Labute approximate surface area is 110 Å². The van der Waals surface area contributed by atoms with Crippen molar-refractivity contribution in [1.29, 1.82) is 0 Å². The summed E-state index contributed by atoms with van der Waals surface area (Å²) in [5, 5.41) is 12.1. The van der Waals surface area contributed by atoms with Crippen molar-refractivity contribution >= 4 is 11.6 Å². The van der Waals surface area contributed by atoms with E-state index in [1.807, 2.05) is 0 Å². The van der Waals surface area contributed by atoms with E-state index in [-0.39, 0.29) is 17.5 Å². The number of hydrogen-bond donors (Lipinski definition) is 2. The van der Waals surface area contributed by atoms with Gasteiger partial charge in [0.25, 0.3) is 5.91 Å². The minimum atomic E-state index is -0.361. The van der Waals surface area contributed by atoms with Crippen LogP contribution >= 0.6 is 0 Å². The normalized spacial score (nSPS) is 10.3. The van der Waals surface area contributed by atoms with E-state index in [1.54, 1.807) is 32.0 Å². The fourth-order valence-electron chi connectivity index (χ4n) is 1.73. The van der Waals surface area contributed by atoms with Gasteiger partial charge in [0.05, 0.1) is 0 Å². The number of carbonyl (C=O) groups is 1. The summed E-state index contributed by atoms with van der Waals surface area (Å²) in [6.45, 7) is 3.31. The molecule has 98 valence electrons. The summed E-state index contributed by atoms with van der Waals surface area (Å²) in [5.41, 5.74) is 1.87. The molecule has 0 atom stereocenters. The highest BCUT2D eigenvalue weighted by molar-refractivity contribution is 6.04. The molecule has 2 rings (SSSR count). The summed E-state index contributed by atoms with van der Waals surface area (Å²) in [7, 11) is 0. The Morgan fingerprint density at radius 3 is 2.63 bits per heavy atom. The molecular weight excluding hydrogens is 245 g/mol. The summed E-state index contributed by atoms with van der Waals surface area (Å²) in [6.07, 6.45) is 0. The number of phenols is 1. The maximum Gasteiger partial charge on any atom is 0.255 e. The van der Waals surface area contributed by atoms with E-state index in [4.69, 9.17) is 0 Å². The van der Waals surface area contributed by atoms with Crippen LogP contribution in [0.3, 0.4) is 0 Å². The zero-order valence-corrected chi connectivity index (χ0v) is 10.7. The van der Waals surface area contributed by atoms with Crippen molar-refractivity contribution in [2.45, 2.75) is 13.8 Å². The summed E-state index contributed by atoms with van der Waals surface area (Å²) in [6, 6.07) is 9.09. The second-order valence-electron chi connectivity index (χ2n) is 4.37. The number of carbonyl (C=O) groups excluding carboxylic acids is 1. The van der Waals surface area contributed by atoms with Crippen LogP contribution in [0.15, 0.2) is 36.4 Å². The standard InChI is InChI=1S/C15H14FNO2/c1-9-8-11(6-7-14(9)18)15(19)17-13-5-3-4-12(16)10(13)2/h3-8,18H,1-2H3,(H,17,19). The molecule has 0 fully saturated rings. The van der Waals surface area contributed by atoms with Crippen molar-refractivity contribution in [3.63, 3.8) is 0 Å². The minimum absolute atomic E-state index is 0.137. The first-order chi connectivity index (χ1) is 8.99. The molecule has 0 aliphatic rings. The van der Waals surface area contributed by atoms with E-state index in [2.05, 4.69) is 5.32 Å². The molecule has 0 spiro atoms. The predicted octanol–water partition coefficient (Wildman–Crippen LogP) is 3.40. The van der Waals surface area contributed by atoms with Crippen LogP contribution in [0.5, 0.6) is 5.75 Å². The Hall–Kier alpha value is -2.36. The summed E-state index contributed by atoms with van der Waals surface area (Å²) < 4.78 is 13.4. The van der Waals surface area contributed by atoms with Gasteiger partial charge in [-0.1, -0.05) is 6.07 Å². The Balaban J connectivity index is 2.26. The second kappa shape index (κ2) is 5.10. The second-order valence-corrected chi connectivity index (χ2v) is 4.37. The van der Waals surface area contributed by atoms with E-state index < -0.39 is 0 Å². The summed E-state index contributed by atoms with van der Waals surface area (Å²) >= 11 is 0. The number of rotatable bonds is 2. The van der Waals surface area contributed by atoms with Crippen molar-refractivity contribution < 1.29 is 14.3 Å². The molecular formula is C15H14FNO2. The summed E-state index contributed by atoms with van der Waals surface area (Å²) in [5.74, 6) is -0.560. The zero-order chi connectivity index (χ0) is 14.0. The zero-order valence-electron chi connectivity index (χ0n) is 10.7. The molecule has 3 nitrogen and oxygen atoms in total. The van der Waals surface area contributed by atoms with Gasteiger partial charge in [-0.15, -0.1) is 0 Å². The molecule has 2 aromatic carbocycles. The number of anilines is 1. The molecule has 2 N–H and O–H groups in total. The highest BCUT2D eigenvalue weighted by atomic mass is 19.1. The molecule has 2 aromatic rings. The molecule has 4 heteroatoms. The van der Waals surface area contributed by atoms with Gasteiger partial charge in [0.1, 0.15) is 11.6 Å². The smallest absolute Gasteiger partial charge is 0.255 e. The molecule has 0 radical (unpaired) electrons. The first-order valence-corrected chi connectivity index (χ1v) is 5.85. The van der Waals surface area contributed by atoms with E-state index in [0.717, 1.165) is 0 Å². The third kappa shape index (κ3) is 2.73. The SMILES string of the molecule is Cc1cc(C(=O)Nc2cccc(F)c2C)ccc1O. The first-order valence-electron chi connectivity index (χ1n) is 5.85. The fourth-order valence-corrected chi connectivity index (χ4v) is 1.73. The average molecular weight is 259 g/mol. The molecule has 1 amide bonds. The van der Waals surface area contributed by atoms with Crippen LogP contribution in [-0.2, 0) is 0 Å². The van der Waals surface area contributed by atoms with Crippen LogP contribution in [0, 0.1) is 19.7 Å². The highest BCUT2D eigenvalue weighted by Gasteiger charge is 2.10. The van der Waals surface area contributed by atoms with Crippen LogP contribution in [0.1, 0.15) is 21.5 Å². The lowest BCUT2D eigenvalue weighted by molar-refractivity contribution is 0.102. The molecule has 0 saturated carbocycles. The van der Waals surface area contributed by atoms with Gasteiger partial charge in [0.15, 0.2) is 0 Å². The number of benzene rings is 2. The van der Waals surface area contributed by atoms with Gasteiger partial charge >= 0.3 is 0 Å². The third-order valence-corrected chi connectivity index (χ3v) is 2.97. The number of aryl methyl sites for hydroxylation is 1. The average Bonchev–Trinajstić information content (AvgIpc) is 2.38. The number of hydrogen-bond acceptors (Lipinski definition) is 2. The van der Waals surface area contributed by atoms with Gasteiger partial charge in [0, 0.05) is 16.8 Å². The Bertz CT molecular complexity index is 638. The Morgan fingerprint density at radius 2 is 1.95 bits per heavy atom. The number of halogens is 1. The molecule has 0 aromatic heterocycles. The van der Waals surface area contributed by atoms with Crippen molar-refractivity contribution in [2.24, 2.45) is 0 Å². The van der Waals surface area contributed by atoms with Crippen LogP contribution in [0.25, 0.3) is 0 Å². The highest BCUT2D eigenvalue weighted by Crippen LogP contribution is 2.20. The molecule has 19 heavy (non-hydrogen) atoms. The lowest BCUT2D eigenvalue weighted by Gasteiger charge is -2.09. The molecule has 0 aliphatic heterocycles. The van der Waals surface area contributed by atoms with Gasteiger partial charge in [0.2, 0.25) is 0 Å². The van der Waals surface area contributed by atoms with Crippen LogP contribution in [-0.4, -0.2) is 11.0 Å². The predicted molar refractivity (Wildman–Crippen MR) is 71.9 cm³/mol. The summed E-state index contributed by atoms with van der Waals surface area (Å²) in [4.78, 5) is 12.0. The van der Waals surface area contributed by atoms with Gasteiger partial charge < -0.3 is 10.4 Å². The van der Waals surface area contributed by atoms with E-state index in [0.29, 0.717) is 22.4 Å². The molecule has 0 aliphatic carbocycles. The van der Waals surface area contributed by atoms with E-state index >= 15 is 0 Å². The number of amides is 1. The van der Waals surface area contributed by atoms with Crippen molar-refractivity contribution in [1.82, 2.24) is 0 Å². The van der Waals surface area contributed by atoms with E-state index in [1.165, 1.54) is 18.2 Å². The topological polar surface area (TPSA) is 49.3 Å². The quantitative estimate of drug-likeness (QED) is 0.868. The van der Waals surface area contributed by atoms with Gasteiger partial charge in [-0.2, -0.15) is 0 Å². The lowest BCUT2D eigenvalue weighted by Crippen LogP contribution is -2.13. The van der Waals surface area contributed by atoms with E-state index in [9.17, 15) is 14.3 Å². The molecule has 0 unspecified atom stereocenters. The fraction of sp³-hybridized carbons (Fsp3) is 0.133. The van der Waals surface area contributed by atoms with Gasteiger partial charge in [-0.25, -0.2) is 4.39 Å². The Kier molecular flexibility index (Phi) is 3.51. The maximum absolute atomic E-state index is 13.4. The van der Waals surface area contributed by atoms with Gasteiger partial charge in [-0.05, 0) is 49.7 Å². The molecule has 0 saturated heterocycles. The lowest BCUT2D eigenvalue weighted by atomic mass is 10.1. The van der Waals surface area contributed by atoms with Crippen LogP contribution in [0.4, 0.5) is 10.1 Å². The van der Waals surface area contributed by atoms with Gasteiger partial charge in [-0.3, -0.25) is 4.79 Å². The number of phenolic OH excluding ortho intramolecular Hbond substituents is 1. The minimum Gasteiger partial charge on any atom is -0.508 e. The van der Waals surface area contributed by atoms with Crippen LogP contribution in [0.2, 0.25) is 0 Å². The monoisotopic (exact) mass is 259 g/mol. The maximum atomic E-state index is 13.4. The van der Waals surface area contributed by atoms with Crippen molar-refractivity contribution in [3.8, 4) is 5.75 Å². The van der Waals surface area contributed by atoms with Crippen molar-refractivity contribution in [3.05, 3.63) is 58.9 Å². The number of nitrogens with one attached hydrogen (secondary N) is 1. The molecule has 0 bridgehead atoms. The molecule has 0 heterocycles. The third-order valence-electron chi connectivity index (χ3n) is 2.97. The largest absolute Gasteiger partial charge is 0.508 e. The number of aromatic hydroxyl groups is 1.